The summed E-state index contributed by atoms with van der Waals surface area (Å²) >= 11 is 0. The third-order valence-electron chi connectivity index (χ3n) is 4.04. The first-order valence-electron chi connectivity index (χ1n) is 8.43. The van der Waals surface area contributed by atoms with E-state index in [1.807, 2.05) is 48.5 Å². The Bertz CT molecular complexity index is 782. The first kappa shape index (κ1) is 15.5. The third kappa shape index (κ3) is 3.42. The van der Waals surface area contributed by atoms with Gasteiger partial charge in [0.2, 0.25) is 11.6 Å². The van der Waals surface area contributed by atoms with Crippen molar-refractivity contribution in [2.24, 2.45) is 0 Å². The van der Waals surface area contributed by atoms with Gasteiger partial charge in [-0.25, -0.2) is 0 Å². The van der Waals surface area contributed by atoms with Gasteiger partial charge in [0, 0.05) is 0 Å². The van der Waals surface area contributed by atoms with Crippen LogP contribution in [0.4, 0.5) is 0 Å². The molecule has 2 bridgehead atoms. The zero-order valence-electron chi connectivity index (χ0n) is 13.8. The van der Waals surface area contributed by atoms with E-state index in [9.17, 15) is 0 Å². The molecular weight excluding hydrogens is 316 g/mol. The van der Waals surface area contributed by atoms with Crippen LogP contribution < -0.4 is 9.47 Å². The lowest BCUT2D eigenvalue weighted by Gasteiger charge is -2.09. The van der Waals surface area contributed by atoms with Crippen molar-refractivity contribution in [2.75, 3.05) is 13.2 Å². The second-order valence-electron chi connectivity index (χ2n) is 5.80. The van der Waals surface area contributed by atoms with Crippen LogP contribution in [0, 0.1) is 0 Å². The van der Waals surface area contributed by atoms with E-state index in [4.69, 9.17) is 9.47 Å². The van der Waals surface area contributed by atoms with Gasteiger partial charge in [-0.15, -0.1) is 20.4 Å². The molecule has 0 radical (unpaired) electrons. The normalized spacial score (nSPS) is 14.2. The monoisotopic (exact) mass is 334 g/mol. The lowest BCUT2D eigenvalue weighted by molar-refractivity contribution is 0.280. The fraction of sp³-hybridized carbons (Fsp3) is 0.263. The Morgan fingerprint density at radius 2 is 1.00 bits per heavy atom. The van der Waals surface area contributed by atoms with Crippen molar-refractivity contribution in [1.82, 2.24) is 20.4 Å². The zero-order chi connectivity index (χ0) is 16.9. The molecule has 0 aliphatic carbocycles. The van der Waals surface area contributed by atoms with Gasteiger partial charge in [0.1, 0.15) is 11.5 Å². The molecule has 0 unspecified atom stereocenters. The molecule has 2 aliphatic heterocycles. The topological polar surface area (TPSA) is 70.0 Å². The van der Waals surface area contributed by atoms with Gasteiger partial charge in [-0.1, -0.05) is 24.3 Å². The van der Waals surface area contributed by atoms with E-state index in [2.05, 4.69) is 20.4 Å². The highest BCUT2D eigenvalue weighted by Crippen LogP contribution is 2.29. The van der Waals surface area contributed by atoms with Crippen molar-refractivity contribution in [3.05, 3.63) is 48.5 Å². The van der Waals surface area contributed by atoms with Gasteiger partial charge in [0.05, 0.1) is 24.3 Å². The van der Waals surface area contributed by atoms with Crippen LogP contribution in [0.2, 0.25) is 0 Å². The lowest BCUT2D eigenvalue weighted by Crippen LogP contribution is -2.03. The van der Waals surface area contributed by atoms with Crippen LogP contribution in [-0.4, -0.2) is 33.6 Å². The average molecular weight is 334 g/mol. The van der Waals surface area contributed by atoms with Crippen molar-refractivity contribution in [3.8, 4) is 34.3 Å². The Labute approximate surface area is 145 Å². The molecule has 3 aromatic rings. The molecule has 0 atom stereocenters. The second-order valence-corrected chi connectivity index (χ2v) is 5.80. The first-order valence-corrected chi connectivity index (χ1v) is 8.43. The van der Waals surface area contributed by atoms with Crippen molar-refractivity contribution in [2.45, 2.75) is 19.3 Å². The van der Waals surface area contributed by atoms with Gasteiger partial charge < -0.3 is 9.47 Å². The zero-order valence-corrected chi connectivity index (χ0v) is 13.8. The maximum absolute atomic E-state index is 5.90. The number of aromatic nitrogens is 4. The van der Waals surface area contributed by atoms with E-state index < -0.39 is 0 Å². The second kappa shape index (κ2) is 7.25. The molecule has 0 amide bonds. The van der Waals surface area contributed by atoms with Gasteiger partial charge in [-0.05, 0) is 43.5 Å². The summed E-state index contributed by atoms with van der Waals surface area (Å²) in [5, 5.41) is 17.0. The highest BCUT2D eigenvalue weighted by atomic mass is 16.5. The standard InChI is InChI=1S/C19H18N4O2/c1-6-12-24-16-10-4-2-8-14(16)18-20-22-19(23-21-18)15-9-3-5-11-17(15)25-13-7-1/h2-5,8-11H,1,6-7,12-13H2. The average Bonchev–Trinajstić information content (AvgIpc) is 2.68. The molecule has 6 nitrogen and oxygen atoms in total. The summed E-state index contributed by atoms with van der Waals surface area (Å²) in [7, 11) is 0. The van der Waals surface area contributed by atoms with Crippen LogP contribution in [0.15, 0.2) is 48.5 Å². The SMILES string of the molecule is c1ccc2c(c1)OCCCCCOc1ccccc1-c1nnc-2nn1. The maximum atomic E-state index is 5.90. The fourth-order valence-corrected chi connectivity index (χ4v) is 2.74. The fourth-order valence-electron chi connectivity index (χ4n) is 2.74. The molecule has 6 heteroatoms. The number of hydrogen-bond acceptors (Lipinski definition) is 6. The van der Waals surface area contributed by atoms with Crippen LogP contribution in [0.5, 0.6) is 11.5 Å². The minimum absolute atomic E-state index is 0.452. The highest BCUT2D eigenvalue weighted by molar-refractivity contribution is 5.65. The predicted octanol–water partition coefficient (Wildman–Crippen LogP) is 3.54. The van der Waals surface area contributed by atoms with Crippen LogP contribution in [0.3, 0.4) is 0 Å². The molecule has 0 spiro atoms. The number of rotatable bonds is 0. The first-order chi connectivity index (χ1) is 12.4. The van der Waals surface area contributed by atoms with Gasteiger partial charge in [0.25, 0.3) is 0 Å². The quantitative estimate of drug-likeness (QED) is 0.626. The summed E-state index contributed by atoms with van der Waals surface area (Å²) in [6.45, 7) is 1.29. The molecule has 0 saturated carbocycles. The van der Waals surface area contributed by atoms with E-state index in [-0.39, 0.29) is 0 Å². The van der Waals surface area contributed by atoms with Crippen LogP contribution in [0.25, 0.3) is 22.8 Å². The number of benzene rings is 2. The maximum Gasteiger partial charge on any atom is 0.207 e. The molecular formula is C19H18N4O2. The smallest absolute Gasteiger partial charge is 0.207 e. The summed E-state index contributed by atoms with van der Waals surface area (Å²) in [5.74, 6) is 2.41. The summed E-state index contributed by atoms with van der Waals surface area (Å²) < 4.78 is 11.8. The van der Waals surface area contributed by atoms with Crippen LogP contribution in [-0.2, 0) is 0 Å². The van der Waals surface area contributed by atoms with E-state index >= 15 is 0 Å². The van der Waals surface area contributed by atoms with Crippen molar-refractivity contribution >= 4 is 0 Å². The Hall–Kier alpha value is -3.02. The molecule has 25 heavy (non-hydrogen) atoms. The minimum atomic E-state index is 0.452. The van der Waals surface area contributed by atoms with Gasteiger partial charge in [-0.2, -0.15) is 0 Å². The predicted molar refractivity (Wildman–Crippen MR) is 93.3 cm³/mol. The summed E-state index contributed by atoms with van der Waals surface area (Å²) in [5.41, 5.74) is 1.60. The molecule has 2 aromatic carbocycles. The molecule has 126 valence electrons. The molecule has 0 N–H and O–H groups in total. The molecule has 3 heterocycles. The highest BCUT2D eigenvalue weighted by Gasteiger charge is 2.14. The Balaban J connectivity index is 1.76. The van der Waals surface area contributed by atoms with Gasteiger partial charge >= 0.3 is 0 Å². The number of hydrogen-bond donors (Lipinski definition) is 0. The van der Waals surface area contributed by atoms with E-state index in [1.165, 1.54) is 0 Å². The van der Waals surface area contributed by atoms with Crippen molar-refractivity contribution < 1.29 is 9.47 Å². The van der Waals surface area contributed by atoms with Crippen LogP contribution >= 0.6 is 0 Å². The lowest BCUT2D eigenvalue weighted by atomic mass is 10.2. The molecule has 5 rings (SSSR count). The third-order valence-corrected chi connectivity index (χ3v) is 4.04. The summed E-state index contributed by atoms with van der Waals surface area (Å²) in [6.07, 6.45) is 2.98. The summed E-state index contributed by atoms with van der Waals surface area (Å²) in [4.78, 5) is 0. The Kier molecular flexibility index (Phi) is 4.50. The van der Waals surface area contributed by atoms with E-state index in [0.29, 0.717) is 24.9 Å². The summed E-state index contributed by atoms with van der Waals surface area (Å²) in [6, 6.07) is 15.4. The number of fused-ring (bicyclic) bond motifs is 8. The molecule has 2 aliphatic rings. The van der Waals surface area contributed by atoms with Gasteiger partial charge in [0.15, 0.2) is 0 Å². The van der Waals surface area contributed by atoms with Crippen LogP contribution in [0.1, 0.15) is 19.3 Å². The van der Waals surface area contributed by atoms with Crippen molar-refractivity contribution in [1.29, 1.82) is 0 Å². The largest absolute Gasteiger partial charge is 0.493 e. The van der Waals surface area contributed by atoms with E-state index in [0.717, 1.165) is 41.9 Å². The van der Waals surface area contributed by atoms with E-state index in [1.54, 1.807) is 0 Å². The Morgan fingerprint density at radius 3 is 1.48 bits per heavy atom. The molecule has 0 fully saturated rings. The number of ether oxygens (including phenoxy) is 2. The Morgan fingerprint density at radius 1 is 0.560 bits per heavy atom. The molecule has 1 aromatic heterocycles. The number of para-hydroxylation sites is 2. The van der Waals surface area contributed by atoms with Gasteiger partial charge in [-0.3, -0.25) is 0 Å². The number of nitrogens with zero attached hydrogens (tertiary/aromatic N) is 4. The minimum Gasteiger partial charge on any atom is -0.493 e. The van der Waals surface area contributed by atoms with Crippen molar-refractivity contribution in [3.63, 3.8) is 0 Å². The molecule has 0 saturated heterocycles.